The molecular weight excluding hydrogens is 284 g/mol. The number of ketones is 1. The molecule has 0 aromatic carbocycles. The molecule has 0 unspecified atom stereocenters. The summed E-state index contributed by atoms with van der Waals surface area (Å²) in [6.45, 7) is 7.42. The Morgan fingerprint density at radius 2 is 2.14 bits per heavy atom. The molecule has 0 amide bonds. The van der Waals surface area contributed by atoms with Crippen LogP contribution in [0.25, 0.3) is 0 Å². The highest BCUT2D eigenvalue weighted by molar-refractivity contribution is 6.06. The molecule has 0 radical (unpaired) electrons. The van der Waals surface area contributed by atoms with Crippen LogP contribution >= 0.6 is 0 Å². The molecule has 2 heterocycles. The second kappa shape index (κ2) is 4.02. The van der Waals surface area contributed by atoms with Gasteiger partial charge in [-0.1, -0.05) is 13.8 Å². The van der Waals surface area contributed by atoms with E-state index in [2.05, 4.69) is 6.92 Å². The Bertz CT molecular complexity index is 689. The quantitative estimate of drug-likeness (QED) is 0.589. The first-order valence-corrected chi connectivity index (χ1v) is 7.81. The fourth-order valence-electron chi connectivity index (χ4n) is 4.66. The van der Waals surface area contributed by atoms with Gasteiger partial charge in [-0.2, -0.15) is 0 Å². The van der Waals surface area contributed by atoms with Crippen LogP contribution in [0.1, 0.15) is 61.4 Å². The second-order valence-electron chi connectivity index (χ2n) is 7.08. The third kappa shape index (κ3) is 1.34. The van der Waals surface area contributed by atoms with Crippen LogP contribution in [0.2, 0.25) is 0 Å². The molecule has 5 heteroatoms. The predicted octanol–water partition coefficient (Wildman–Crippen LogP) is 2.96. The van der Waals surface area contributed by atoms with E-state index in [1.807, 2.05) is 13.8 Å². The number of aryl methyl sites for hydroxylation is 1. The van der Waals surface area contributed by atoms with Crippen molar-refractivity contribution in [1.29, 1.82) is 0 Å². The second-order valence-corrected chi connectivity index (χ2v) is 7.08. The molecule has 1 aromatic rings. The number of fused-ring (bicyclic) bond motifs is 1. The fourth-order valence-corrected chi connectivity index (χ4v) is 4.66. The normalized spacial score (nSPS) is 42.2. The van der Waals surface area contributed by atoms with Gasteiger partial charge in [-0.15, -0.1) is 0 Å². The maximum absolute atomic E-state index is 13.1. The van der Waals surface area contributed by atoms with Crippen LogP contribution in [-0.2, 0) is 14.3 Å². The van der Waals surface area contributed by atoms with Gasteiger partial charge in [0, 0.05) is 12.5 Å². The van der Waals surface area contributed by atoms with Crippen molar-refractivity contribution in [3.8, 4) is 0 Å². The van der Waals surface area contributed by atoms with Crippen LogP contribution in [0, 0.1) is 18.3 Å². The highest BCUT2D eigenvalue weighted by Gasteiger charge is 2.80. The van der Waals surface area contributed by atoms with E-state index in [0.717, 1.165) is 24.0 Å². The molecule has 1 spiro atoms. The Balaban J connectivity index is 1.97. The first-order valence-electron chi connectivity index (χ1n) is 7.81. The van der Waals surface area contributed by atoms with E-state index in [9.17, 15) is 9.59 Å². The van der Waals surface area contributed by atoms with Crippen LogP contribution in [-0.4, -0.2) is 23.5 Å². The number of rotatable bonds is 1. The number of hydrogen-bond acceptors (Lipinski definition) is 5. The maximum Gasteiger partial charge on any atom is 0.303 e. The van der Waals surface area contributed by atoms with Crippen molar-refractivity contribution >= 4 is 11.8 Å². The van der Waals surface area contributed by atoms with Crippen molar-refractivity contribution in [2.24, 2.45) is 11.3 Å². The molecule has 0 bridgehead atoms. The molecule has 0 N–H and O–H groups in total. The first-order chi connectivity index (χ1) is 10.3. The zero-order valence-corrected chi connectivity index (χ0v) is 13.3. The van der Waals surface area contributed by atoms with Gasteiger partial charge in [0.2, 0.25) is 5.78 Å². The summed E-state index contributed by atoms with van der Waals surface area (Å²) in [5.41, 5.74) is 0.125. The van der Waals surface area contributed by atoms with Gasteiger partial charge < -0.3 is 13.9 Å². The Labute approximate surface area is 129 Å². The van der Waals surface area contributed by atoms with Crippen LogP contribution in [0.5, 0.6) is 0 Å². The van der Waals surface area contributed by atoms with E-state index in [-0.39, 0.29) is 23.8 Å². The van der Waals surface area contributed by atoms with E-state index in [1.165, 1.54) is 6.92 Å². The van der Waals surface area contributed by atoms with Crippen molar-refractivity contribution in [3.63, 3.8) is 0 Å². The third-order valence-corrected chi connectivity index (χ3v) is 6.07. The fraction of sp³-hybridized carbons (Fsp3) is 0.647. The van der Waals surface area contributed by atoms with Crippen LogP contribution in [0.15, 0.2) is 10.7 Å². The molecule has 4 rings (SSSR count). The highest BCUT2D eigenvalue weighted by Crippen LogP contribution is 2.69. The number of carbonyl (C=O) groups excluding carboxylic acids is 2. The number of ether oxygens (including phenoxy) is 2. The van der Waals surface area contributed by atoms with Crippen LogP contribution in [0.4, 0.5) is 0 Å². The molecular formula is C17H20O5. The SMILES string of the molecule is CC(=O)O[C@H]1c2c(C)coc2C(=O)[C@]23O[C@H]2CC[C@@H](C)[C@]13C. The van der Waals surface area contributed by atoms with Gasteiger partial charge in [0.05, 0.1) is 17.8 Å². The topological polar surface area (TPSA) is 69.0 Å². The number of Topliss-reactive ketones (excluding diaryl/α,β-unsaturated/α-hetero) is 1. The average molecular weight is 304 g/mol. The van der Waals surface area contributed by atoms with Gasteiger partial charge >= 0.3 is 5.97 Å². The minimum absolute atomic E-state index is 0.0851. The summed E-state index contributed by atoms with van der Waals surface area (Å²) >= 11 is 0. The number of esters is 1. The standard InChI is InChI=1S/C17H20O5/c1-8-7-20-13-12(8)15(21-10(3)18)16(4)9(2)5-6-11-17(16,22-11)14(13)19/h7,9,11,15H,5-6H2,1-4H3/t9-,11+,15+,16-,17-/m1/s1. The van der Waals surface area contributed by atoms with Crippen LogP contribution in [0.3, 0.4) is 0 Å². The molecule has 5 nitrogen and oxygen atoms in total. The molecule has 118 valence electrons. The summed E-state index contributed by atoms with van der Waals surface area (Å²) in [6.07, 6.45) is 2.80. The van der Waals surface area contributed by atoms with E-state index in [4.69, 9.17) is 13.9 Å². The molecule has 2 aliphatic carbocycles. The van der Waals surface area contributed by atoms with Gasteiger partial charge in [-0.05, 0) is 31.2 Å². The summed E-state index contributed by atoms with van der Waals surface area (Å²) in [6, 6.07) is 0. The number of hydrogen-bond donors (Lipinski definition) is 0. The number of carbonyl (C=O) groups is 2. The third-order valence-electron chi connectivity index (χ3n) is 6.07. The van der Waals surface area contributed by atoms with E-state index < -0.39 is 17.1 Å². The molecule has 1 aliphatic heterocycles. The largest absolute Gasteiger partial charge is 0.460 e. The van der Waals surface area contributed by atoms with Crippen molar-refractivity contribution in [2.75, 3.05) is 0 Å². The lowest BCUT2D eigenvalue weighted by Crippen LogP contribution is -2.57. The summed E-state index contributed by atoms with van der Waals surface area (Å²) in [5, 5.41) is 0. The van der Waals surface area contributed by atoms with Gasteiger partial charge in [0.15, 0.2) is 11.4 Å². The minimum Gasteiger partial charge on any atom is -0.460 e. The smallest absolute Gasteiger partial charge is 0.303 e. The Morgan fingerprint density at radius 3 is 2.82 bits per heavy atom. The number of epoxide rings is 1. The van der Waals surface area contributed by atoms with Crippen molar-refractivity contribution in [3.05, 3.63) is 23.2 Å². The van der Waals surface area contributed by atoms with Crippen molar-refractivity contribution in [2.45, 2.75) is 58.3 Å². The van der Waals surface area contributed by atoms with Gasteiger partial charge in [-0.3, -0.25) is 9.59 Å². The predicted molar refractivity (Wildman–Crippen MR) is 76.4 cm³/mol. The average Bonchev–Trinajstić information content (AvgIpc) is 3.09. The van der Waals surface area contributed by atoms with Gasteiger partial charge in [0.1, 0.15) is 6.10 Å². The first kappa shape index (κ1) is 14.0. The zero-order valence-electron chi connectivity index (χ0n) is 13.3. The molecule has 1 saturated carbocycles. The lowest BCUT2D eigenvalue weighted by atomic mass is 9.53. The monoisotopic (exact) mass is 304 g/mol. The lowest BCUT2D eigenvalue weighted by Gasteiger charge is -2.49. The Hall–Kier alpha value is -1.62. The summed E-state index contributed by atoms with van der Waals surface area (Å²) in [7, 11) is 0. The molecule has 22 heavy (non-hydrogen) atoms. The lowest BCUT2D eigenvalue weighted by molar-refractivity contribution is -0.163. The van der Waals surface area contributed by atoms with Crippen molar-refractivity contribution in [1.82, 2.24) is 0 Å². The molecule has 1 aromatic heterocycles. The van der Waals surface area contributed by atoms with Crippen LogP contribution < -0.4 is 0 Å². The highest BCUT2D eigenvalue weighted by atomic mass is 16.6. The van der Waals surface area contributed by atoms with Gasteiger partial charge in [-0.25, -0.2) is 0 Å². The maximum atomic E-state index is 13.1. The molecule has 5 atom stereocenters. The van der Waals surface area contributed by atoms with E-state index in [1.54, 1.807) is 6.26 Å². The summed E-state index contributed by atoms with van der Waals surface area (Å²) < 4.78 is 17.2. The van der Waals surface area contributed by atoms with E-state index >= 15 is 0 Å². The summed E-state index contributed by atoms with van der Waals surface area (Å²) in [4.78, 5) is 24.7. The van der Waals surface area contributed by atoms with Crippen molar-refractivity contribution < 1.29 is 23.5 Å². The minimum atomic E-state index is -0.887. The Morgan fingerprint density at radius 1 is 1.41 bits per heavy atom. The molecule has 2 fully saturated rings. The number of furan rings is 1. The van der Waals surface area contributed by atoms with Gasteiger partial charge in [0.25, 0.3) is 0 Å². The molecule has 1 saturated heterocycles. The van der Waals surface area contributed by atoms with E-state index in [0.29, 0.717) is 5.76 Å². The summed E-state index contributed by atoms with van der Waals surface area (Å²) in [5.74, 6) is 0.0788. The Kier molecular flexibility index (Phi) is 2.56. The molecule has 3 aliphatic rings. The zero-order chi connectivity index (χ0) is 15.9.